The van der Waals surface area contributed by atoms with Gasteiger partial charge in [-0.15, -0.1) is 0 Å². The highest BCUT2D eigenvalue weighted by Gasteiger charge is 2.10. The molecule has 0 spiro atoms. The van der Waals surface area contributed by atoms with Crippen molar-refractivity contribution in [1.82, 2.24) is 5.32 Å². The van der Waals surface area contributed by atoms with Gasteiger partial charge in [0.05, 0.1) is 12.1 Å². The average Bonchev–Trinajstić information content (AvgIpc) is 2.54. The predicted octanol–water partition coefficient (Wildman–Crippen LogP) is 4.38. The van der Waals surface area contributed by atoms with Gasteiger partial charge in [0.25, 0.3) is 0 Å². The van der Waals surface area contributed by atoms with Crippen molar-refractivity contribution in [3.8, 4) is 5.75 Å². The van der Waals surface area contributed by atoms with Crippen LogP contribution in [0.4, 0.5) is 4.79 Å². The first-order valence-corrected chi connectivity index (χ1v) is 8.02. The molecule has 1 amide bonds. The van der Waals surface area contributed by atoms with Gasteiger partial charge in [-0.1, -0.05) is 41.9 Å². The molecule has 2 rings (SSSR count). The number of halogens is 2. The fraction of sp³-hybridized carbons (Fsp3) is 0.188. The number of benzene rings is 2. The van der Waals surface area contributed by atoms with Gasteiger partial charge in [-0.2, -0.15) is 0 Å². The lowest BCUT2D eigenvalue weighted by Gasteiger charge is -2.11. The van der Waals surface area contributed by atoms with Crippen LogP contribution < -0.4 is 10.1 Å². The molecule has 0 fully saturated rings. The van der Waals surface area contributed by atoms with Gasteiger partial charge in [0.15, 0.2) is 0 Å². The summed E-state index contributed by atoms with van der Waals surface area (Å²) in [5.41, 5.74) is 1.73. The largest absolute Gasteiger partial charge is 0.496 e. The second-order valence-electron chi connectivity index (χ2n) is 4.49. The first-order chi connectivity index (χ1) is 10.6. The second kappa shape index (κ2) is 8.24. The van der Waals surface area contributed by atoms with Crippen LogP contribution in [0.25, 0.3) is 0 Å². The lowest BCUT2D eigenvalue weighted by molar-refractivity contribution is 0.139. The van der Waals surface area contributed by atoms with Crippen molar-refractivity contribution < 1.29 is 14.3 Å². The molecule has 1 N–H and O–H groups in total. The van der Waals surface area contributed by atoms with Crippen LogP contribution in [0, 0.1) is 3.57 Å². The van der Waals surface area contributed by atoms with Gasteiger partial charge >= 0.3 is 6.09 Å². The number of carbonyl (C=O) groups is 1. The van der Waals surface area contributed by atoms with Gasteiger partial charge in [-0.25, -0.2) is 4.79 Å². The summed E-state index contributed by atoms with van der Waals surface area (Å²) in [5, 5.41) is 3.31. The number of rotatable bonds is 5. The van der Waals surface area contributed by atoms with E-state index >= 15 is 0 Å². The summed E-state index contributed by atoms with van der Waals surface area (Å²) in [4.78, 5) is 11.7. The zero-order valence-electron chi connectivity index (χ0n) is 11.9. The van der Waals surface area contributed by atoms with Gasteiger partial charge in [-0.3, -0.25) is 0 Å². The molecule has 0 radical (unpaired) electrons. The minimum Gasteiger partial charge on any atom is -0.496 e. The highest BCUT2D eigenvalue weighted by molar-refractivity contribution is 14.1. The Morgan fingerprint density at radius 1 is 1.27 bits per heavy atom. The van der Waals surface area contributed by atoms with Crippen LogP contribution in [0.3, 0.4) is 0 Å². The Morgan fingerprint density at radius 3 is 2.68 bits per heavy atom. The number of hydrogen-bond donors (Lipinski definition) is 1. The van der Waals surface area contributed by atoms with Crippen molar-refractivity contribution in [1.29, 1.82) is 0 Å². The summed E-state index contributed by atoms with van der Waals surface area (Å²) in [5.74, 6) is 0.678. The minimum atomic E-state index is -0.486. The Hall–Kier alpha value is -1.47. The van der Waals surface area contributed by atoms with E-state index in [1.54, 1.807) is 13.2 Å². The highest BCUT2D eigenvalue weighted by Crippen LogP contribution is 2.28. The van der Waals surface area contributed by atoms with E-state index in [2.05, 4.69) is 27.9 Å². The zero-order chi connectivity index (χ0) is 15.9. The predicted molar refractivity (Wildman–Crippen MR) is 94.2 cm³/mol. The van der Waals surface area contributed by atoms with Gasteiger partial charge in [0.1, 0.15) is 12.4 Å². The molecule has 0 aliphatic carbocycles. The van der Waals surface area contributed by atoms with E-state index in [0.717, 1.165) is 14.7 Å². The highest BCUT2D eigenvalue weighted by atomic mass is 127. The van der Waals surface area contributed by atoms with E-state index in [0.29, 0.717) is 10.8 Å². The Morgan fingerprint density at radius 2 is 2.00 bits per heavy atom. The first kappa shape index (κ1) is 16.9. The molecule has 6 heteroatoms. The smallest absolute Gasteiger partial charge is 0.407 e. The molecule has 0 saturated heterocycles. The summed E-state index contributed by atoms with van der Waals surface area (Å²) < 4.78 is 11.3. The van der Waals surface area contributed by atoms with Crippen LogP contribution in [0.15, 0.2) is 42.5 Å². The summed E-state index contributed by atoms with van der Waals surface area (Å²) in [6.07, 6.45) is -0.486. The quantitative estimate of drug-likeness (QED) is 0.715. The maximum Gasteiger partial charge on any atom is 0.407 e. The molecule has 116 valence electrons. The number of methoxy groups -OCH3 is 1. The minimum absolute atomic E-state index is 0.233. The third-order valence-electron chi connectivity index (χ3n) is 2.96. The van der Waals surface area contributed by atoms with Crippen molar-refractivity contribution in [2.75, 3.05) is 7.11 Å². The van der Waals surface area contributed by atoms with Crippen LogP contribution in [0.5, 0.6) is 5.75 Å². The van der Waals surface area contributed by atoms with E-state index in [1.165, 1.54) is 0 Å². The van der Waals surface area contributed by atoms with Crippen molar-refractivity contribution in [3.05, 3.63) is 62.2 Å². The van der Waals surface area contributed by atoms with Crippen LogP contribution in [0.2, 0.25) is 5.02 Å². The third kappa shape index (κ3) is 4.78. The Labute approximate surface area is 147 Å². The maximum absolute atomic E-state index is 11.7. The molecule has 22 heavy (non-hydrogen) atoms. The molecule has 0 aliphatic heterocycles. The van der Waals surface area contributed by atoms with Crippen LogP contribution >= 0.6 is 34.2 Å². The molecular weight excluding hydrogens is 417 g/mol. The molecule has 0 atom stereocenters. The van der Waals surface area contributed by atoms with Crippen molar-refractivity contribution in [2.45, 2.75) is 13.2 Å². The fourth-order valence-corrected chi connectivity index (χ4v) is 2.46. The summed E-state index contributed by atoms with van der Waals surface area (Å²) in [6, 6.07) is 13.1. The SMILES string of the molecule is COc1cc(I)c(Cl)cc1CNC(=O)OCc1ccccc1. The number of nitrogens with one attached hydrogen (secondary N) is 1. The van der Waals surface area contributed by atoms with E-state index in [9.17, 15) is 4.79 Å². The van der Waals surface area contributed by atoms with E-state index in [-0.39, 0.29) is 13.2 Å². The van der Waals surface area contributed by atoms with E-state index in [4.69, 9.17) is 21.1 Å². The molecule has 2 aromatic carbocycles. The van der Waals surface area contributed by atoms with Crippen molar-refractivity contribution >= 4 is 40.3 Å². The zero-order valence-corrected chi connectivity index (χ0v) is 14.8. The summed E-state index contributed by atoms with van der Waals surface area (Å²) in [6.45, 7) is 0.519. The molecule has 4 nitrogen and oxygen atoms in total. The van der Waals surface area contributed by atoms with Crippen LogP contribution in [-0.4, -0.2) is 13.2 Å². The molecule has 0 bridgehead atoms. The van der Waals surface area contributed by atoms with Crippen LogP contribution in [0.1, 0.15) is 11.1 Å². The summed E-state index contributed by atoms with van der Waals surface area (Å²) >= 11 is 8.22. The van der Waals surface area contributed by atoms with Crippen molar-refractivity contribution in [3.63, 3.8) is 0 Å². The Kier molecular flexibility index (Phi) is 6.33. The van der Waals surface area contributed by atoms with Crippen molar-refractivity contribution in [2.24, 2.45) is 0 Å². The number of alkyl carbamates (subject to hydrolysis) is 1. The van der Waals surface area contributed by atoms with Crippen LogP contribution in [-0.2, 0) is 17.9 Å². The lowest BCUT2D eigenvalue weighted by atomic mass is 10.2. The number of carbonyl (C=O) groups excluding carboxylic acids is 1. The maximum atomic E-state index is 11.7. The van der Waals surface area contributed by atoms with Gasteiger partial charge in [0, 0.05) is 15.7 Å². The normalized spacial score (nSPS) is 10.1. The number of ether oxygens (including phenoxy) is 2. The molecule has 0 saturated carbocycles. The Balaban J connectivity index is 1.90. The molecule has 0 heterocycles. The average molecular weight is 432 g/mol. The van der Waals surface area contributed by atoms with Gasteiger partial charge < -0.3 is 14.8 Å². The monoisotopic (exact) mass is 431 g/mol. The lowest BCUT2D eigenvalue weighted by Crippen LogP contribution is -2.24. The fourth-order valence-electron chi connectivity index (χ4n) is 1.84. The number of amides is 1. The van der Waals surface area contributed by atoms with Gasteiger partial charge in [0.2, 0.25) is 0 Å². The molecular formula is C16H15ClINO3. The molecule has 0 unspecified atom stereocenters. The summed E-state index contributed by atoms with van der Waals surface area (Å²) in [7, 11) is 1.58. The van der Waals surface area contributed by atoms with Gasteiger partial charge in [-0.05, 0) is 40.3 Å². The molecule has 2 aromatic rings. The topological polar surface area (TPSA) is 47.6 Å². The molecule has 0 aromatic heterocycles. The number of hydrogen-bond acceptors (Lipinski definition) is 3. The molecule has 0 aliphatic rings. The van der Waals surface area contributed by atoms with E-state index in [1.807, 2.05) is 36.4 Å². The second-order valence-corrected chi connectivity index (χ2v) is 6.06. The standard InChI is InChI=1S/C16H15ClINO3/c1-21-15-8-14(18)13(17)7-12(15)9-19-16(20)22-10-11-5-3-2-4-6-11/h2-8H,9-10H2,1H3,(H,19,20). The van der Waals surface area contributed by atoms with E-state index < -0.39 is 6.09 Å². The Bertz CT molecular complexity index is 649. The first-order valence-electron chi connectivity index (χ1n) is 6.56. The third-order valence-corrected chi connectivity index (χ3v) is 4.48.